The molecule has 1 aromatic rings. The van der Waals surface area contributed by atoms with Crippen LogP contribution in [-0.2, 0) is 16.1 Å². The Morgan fingerprint density at radius 2 is 2.33 bits per heavy atom. The van der Waals surface area contributed by atoms with E-state index in [0.29, 0.717) is 31.2 Å². The van der Waals surface area contributed by atoms with Gasteiger partial charge in [-0.3, -0.25) is 14.5 Å². The molecule has 0 spiro atoms. The number of amides is 2. The van der Waals surface area contributed by atoms with Crippen molar-refractivity contribution in [1.29, 1.82) is 0 Å². The Kier molecular flexibility index (Phi) is 7.33. The third-order valence-corrected chi connectivity index (χ3v) is 4.80. The first-order valence-electron chi connectivity index (χ1n) is 7.72. The van der Waals surface area contributed by atoms with Gasteiger partial charge in [-0.25, -0.2) is 4.39 Å². The van der Waals surface area contributed by atoms with Gasteiger partial charge in [0.15, 0.2) is 0 Å². The summed E-state index contributed by atoms with van der Waals surface area (Å²) in [7, 11) is 0. The summed E-state index contributed by atoms with van der Waals surface area (Å²) in [5, 5.41) is 5.92. The predicted octanol–water partition coefficient (Wildman–Crippen LogP) is 1.65. The number of rotatable bonds is 7. The van der Waals surface area contributed by atoms with Crippen LogP contribution in [0.5, 0.6) is 0 Å². The molecule has 8 heteroatoms. The predicted molar refractivity (Wildman–Crippen MR) is 94.6 cm³/mol. The van der Waals surface area contributed by atoms with Gasteiger partial charge >= 0.3 is 0 Å². The van der Waals surface area contributed by atoms with Gasteiger partial charge in [-0.15, -0.1) is 0 Å². The van der Waals surface area contributed by atoms with E-state index in [1.165, 1.54) is 12.1 Å². The topological polar surface area (TPSA) is 61.4 Å². The Morgan fingerprint density at radius 1 is 1.54 bits per heavy atom. The van der Waals surface area contributed by atoms with Crippen LogP contribution >= 0.6 is 23.4 Å². The van der Waals surface area contributed by atoms with Crippen molar-refractivity contribution in [3.8, 4) is 0 Å². The average molecular weight is 374 g/mol. The quantitative estimate of drug-likeness (QED) is 0.713. The van der Waals surface area contributed by atoms with Crippen molar-refractivity contribution in [1.82, 2.24) is 15.5 Å². The SMILES string of the molecule is CSCCNC(=O)CC1C(=O)NCCN1Cc1ccc(F)cc1Cl. The summed E-state index contributed by atoms with van der Waals surface area (Å²) in [4.78, 5) is 26.1. The molecule has 2 N–H and O–H groups in total. The van der Waals surface area contributed by atoms with Crippen molar-refractivity contribution in [2.24, 2.45) is 0 Å². The largest absolute Gasteiger partial charge is 0.355 e. The van der Waals surface area contributed by atoms with Crippen molar-refractivity contribution in [2.75, 3.05) is 31.6 Å². The fraction of sp³-hybridized carbons (Fsp3) is 0.500. The molecular formula is C16H21ClFN3O2S. The zero-order valence-corrected chi connectivity index (χ0v) is 15.1. The molecule has 0 radical (unpaired) electrons. The Hall–Kier alpha value is -1.31. The molecule has 2 amide bonds. The molecule has 0 aromatic heterocycles. The van der Waals surface area contributed by atoms with Crippen LogP contribution in [0.2, 0.25) is 5.02 Å². The van der Waals surface area contributed by atoms with Crippen LogP contribution in [0.1, 0.15) is 12.0 Å². The minimum atomic E-state index is -0.547. The molecule has 132 valence electrons. The van der Waals surface area contributed by atoms with Crippen molar-refractivity contribution in [2.45, 2.75) is 19.0 Å². The average Bonchev–Trinajstić information content (AvgIpc) is 2.53. The Morgan fingerprint density at radius 3 is 3.04 bits per heavy atom. The van der Waals surface area contributed by atoms with E-state index in [4.69, 9.17) is 11.6 Å². The summed E-state index contributed by atoms with van der Waals surface area (Å²) in [6.07, 6.45) is 2.06. The first-order chi connectivity index (χ1) is 11.5. The number of nitrogens with zero attached hydrogens (tertiary/aromatic N) is 1. The maximum Gasteiger partial charge on any atom is 0.237 e. The lowest BCUT2D eigenvalue weighted by Crippen LogP contribution is -2.56. The molecule has 1 aromatic carbocycles. The van der Waals surface area contributed by atoms with Gasteiger partial charge in [0.25, 0.3) is 0 Å². The van der Waals surface area contributed by atoms with E-state index in [1.807, 2.05) is 11.2 Å². The molecule has 1 aliphatic rings. The van der Waals surface area contributed by atoms with E-state index in [1.54, 1.807) is 17.8 Å². The second-order valence-corrected chi connectivity index (χ2v) is 6.95. The van der Waals surface area contributed by atoms with Crippen molar-refractivity contribution in [3.05, 3.63) is 34.6 Å². The Labute approximate surface area is 150 Å². The van der Waals surface area contributed by atoms with E-state index in [2.05, 4.69) is 10.6 Å². The van der Waals surface area contributed by atoms with Gasteiger partial charge in [-0.05, 0) is 24.0 Å². The fourth-order valence-corrected chi connectivity index (χ4v) is 3.12. The van der Waals surface area contributed by atoms with Gasteiger partial charge in [0.05, 0.1) is 12.5 Å². The molecule has 2 rings (SSSR count). The van der Waals surface area contributed by atoms with Crippen LogP contribution in [0.25, 0.3) is 0 Å². The standard InChI is InChI=1S/C16H21ClFN3O2S/c1-24-7-5-19-15(22)9-14-16(23)20-4-6-21(14)10-11-2-3-12(18)8-13(11)17/h2-3,8,14H,4-7,9-10H2,1H3,(H,19,22)(H,20,23). The third kappa shape index (κ3) is 5.36. The Balaban J connectivity index is 2.02. The second kappa shape index (κ2) is 9.25. The summed E-state index contributed by atoms with van der Waals surface area (Å²) in [5.41, 5.74) is 0.737. The summed E-state index contributed by atoms with van der Waals surface area (Å²) in [6.45, 7) is 2.11. The zero-order valence-electron chi connectivity index (χ0n) is 13.5. The maximum atomic E-state index is 13.2. The molecule has 0 saturated carbocycles. The van der Waals surface area contributed by atoms with Crippen molar-refractivity contribution >= 4 is 35.2 Å². The van der Waals surface area contributed by atoms with E-state index in [-0.39, 0.29) is 18.2 Å². The molecule has 24 heavy (non-hydrogen) atoms. The number of piperazine rings is 1. The fourth-order valence-electron chi connectivity index (χ4n) is 2.58. The summed E-state index contributed by atoms with van der Waals surface area (Å²) in [5.74, 6) is 0.114. The number of hydrogen-bond acceptors (Lipinski definition) is 4. The number of halogens is 2. The number of hydrogen-bond donors (Lipinski definition) is 2. The highest BCUT2D eigenvalue weighted by Gasteiger charge is 2.31. The number of carbonyl (C=O) groups is 2. The molecule has 1 saturated heterocycles. The molecular weight excluding hydrogens is 353 g/mol. The highest BCUT2D eigenvalue weighted by Crippen LogP contribution is 2.21. The smallest absolute Gasteiger partial charge is 0.237 e. The minimum absolute atomic E-state index is 0.0963. The maximum absolute atomic E-state index is 13.2. The van der Waals surface area contributed by atoms with Gasteiger partial charge in [-0.1, -0.05) is 17.7 Å². The first kappa shape index (κ1) is 19.0. The van der Waals surface area contributed by atoms with Gasteiger partial charge in [0.2, 0.25) is 11.8 Å². The van der Waals surface area contributed by atoms with Crippen LogP contribution in [0.4, 0.5) is 4.39 Å². The second-order valence-electron chi connectivity index (χ2n) is 5.56. The summed E-state index contributed by atoms with van der Waals surface area (Å²) < 4.78 is 13.2. The minimum Gasteiger partial charge on any atom is -0.355 e. The molecule has 1 heterocycles. The van der Waals surface area contributed by atoms with E-state index in [9.17, 15) is 14.0 Å². The number of carbonyl (C=O) groups excluding carboxylic acids is 2. The zero-order chi connectivity index (χ0) is 17.5. The summed E-state index contributed by atoms with van der Waals surface area (Å²) in [6, 6.07) is 3.66. The molecule has 1 atom stereocenters. The van der Waals surface area contributed by atoms with Gasteiger partial charge in [0.1, 0.15) is 5.82 Å². The van der Waals surface area contributed by atoms with Gasteiger partial charge in [0, 0.05) is 37.0 Å². The highest BCUT2D eigenvalue weighted by molar-refractivity contribution is 7.98. The van der Waals surface area contributed by atoms with E-state index < -0.39 is 11.9 Å². The van der Waals surface area contributed by atoms with Crippen LogP contribution in [-0.4, -0.2) is 54.4 Å². The monoisotopic (exact) mass is 373 g/mol. The van der Waals surface area contributed by atoms with Crippen molar-refractivity contribution in [3.63, 3.8) is 0 Å². The third-order valence-electron chi connectivity index (χ3n) is 3.84. The van der Waals surface area contributed by atoms with Crippen LogP contribution < -0.4 is 10.6 Å². The van der Waals surface area contributed by atoms with Crippen molar-refractivity contribution < 1.29 is 14.0 Å². The van der Waals surface area contributed by atoms with Crippen LogP contribution in [0.15, 0.2) is 18.2 Å². The molecule has 1 unspecified atom stereocenters. The van der Waals surface area contributed by atoms with E-state index >= 15 is 0 Å². The van der Waals surface area contributed by atoms with Gasteiger partial charge in [-0.2, -0.15) is 11.8 Å². The molecule has 1 fully saturated rings. The lowest BCUT2D eigenvalue weighted by molar-refractivity contribution is -0.134. The molecule has 5 nitrogen and oxygen atoms in total. The number of nitrogens with one attached hydrogen (secondary N) is 2. The molecule has 0 bridgehead atoms. The Bertz CT molecular complexity index is 603. The molecule has 0 aliphatic carbocycles. The lowest BCUT2D eigenvalue weighted by atomic mass is 10.1. The molecule has 1 aliphatic heterocycles. The number of benzene rings is 1. The van der Waals surface area contributed by atoms with Crippen LogP contribution in [0.3, 0.4) is 0 Å². The van der Waals surface area contributed by atoms with Gasteiger partial charge < -0.3 is 10.6 Å². The first-order valence-corrected chi connectivity index (χ1v) is 9.49. The lowest BCUT2D eigenvalue weighted by Gasteiger charge is -2.34. The van der Waals surface area contributed by atoms with E-state index in [0.717, 1.165) is 11.3 Å². The summed E-state index contributed by atoms with van der Waals surface area (Å²) >= 11 is 7.72. The highest BCUT2D eigenvalue weighted by atomic mass is 35.5. The normalized spacial score (nSPS) is 18.3. The number of thioether (sulfide) groups is 1. The van der Waals surface area contributed by atoms with Crippen LogP contribution in [0, 0.1) is 5.82 Å².